The van der Waals surface area contributed by atoms with Gasteiger partial charge in [-0.3, -0.25) is 4.79 Å². The monoisotopic (exact) mass is 340 g/mol. The Kier molecular flexibility index (Phi) is 3.48. The van der Waals surface area contributed by atoms with E-state index in [0.717, 1.165) is 42.4 Å². The summed E-state index contributed by atoms with van der Waals surface area (Å²) < 4.78 is 0.837. The zero-order valence-electron chi connectivity index (χ0n) is 14.0. The smallest absolute Gasteiger partial charge is 0.284 e. The standard InChI is InChI=1S/C17H20N6O2/c1-10-7-13(21-12-8-11(18)19-9-20-12)23(25)15-14(10)16(24)22-17(15)5-3-2-4-6-17/h7-9H,2-6H2,1H3,(H,22,24)(H3,18,19,20,21). The van der Waals surface area contributed by atoms with E-state index in [1.165, 1.54) is 6.33 Å². The second kappa shape index (κ2) is 5.58. The van der Waals surface area contributed by atoms with Gasteiger partial charge in [0.2, 0.25) is 5.82 Å². The van der Waals surface area contributed by atoms with Gasteiger partial charge < -0.3 is 16.3 Å². The number of aromatic nitrogens is 3. The van der Waals surface area contributed by atoms with Crippen molar-refractivity contribution in [3.8, 4) is 0 Å². The van der Waals surface area contributed by atoms with Crippen LogP contribution in [0, 0.1) is 12.1 Å². The quantitative estimate of drug-likeness (QED) is 0.565. The molecule has 1 aliphatic heterocycles. The highest BCUT2D eigenvalue weighted by molar-refractivity contribution is 6.00. The first-order valence-electron chi connectivity index (χ1n) is 8.45. The molecule has 2 aromatic rings. The summed E-state index contributed by atoms with van der Waals surface area (Å²) in [5.41, 5.74) is 6.92. The van der Waals surface area contributed by atoms with Crippen LogP contribution < -0.4 is 21.1 Å². The molecule has 1 aliphatic carbocycles. The summed E-state index contributed by atoms with van der Waals surface area (Å²) in [7, 11) is 0. The van der Waals surface area contributed by atoms with E-state index < -0.39 is 5.54 Å². The zero-order valence-corrected chi connectivity index (χ0v) is 14.0. The fourth-order valence-corrected chi connectivity index (χ4v) is 3.98. The third-order valence-electron chi connectivity index (χ3n) is 5.09. The number of rotatable bonds is 2. The average Bonchev–Trinajstić information content (AvgIpc) is 2.85. The van der Waals surface area contributed by atoms with Crippen LogP contribution in [0.1, 0.15) is 53.7 Å². The number of carbonyl (C=O) groups excluding carboxylic acids is 1. The molecule has 130 valence electrons. The first-order valence-corrected chi connectivity index (χ1v) is 8.45. The first-order chi connectivity index (χ1) is 12.0. The Bertz CT molecular complexity index is 860. The van der Waals surface area contributed by atoms with Gasteiger partial charge in [0.05, 0.1) is 5.56 Å². The Hall–Kier alpha value is -2.90. The summed E-state index contributed by atoms with van der Waals surface area (Å²) in [6.45, 7) is 1.85. The highest BCUT2D eigenvalue weighted by atomic mass is 16.5. The predicted molar refractivity (Wildman–Crippen MR) is 92.1 cm³/mol. The number of nitrogens with zero attached hydrogens (tertiary/aromatic N) is 3. The number of nitrogens with one attached hydrogen (secondary N) is 2. The van der Waals surface area contributed by atoms with Crippen molar-refractivity contribution in [2.24, 2.45) is 0 Å². The molecule has 8 nitrogen and oxygen atoms in total. The van der Waals surface area contributed by atoms with E-state index in [9.17, 15) is 10.0 Å². The minimum absolute atomic E-state index is 0.156. The number of fused-ring (bicyclic) bond motifs is 2. The van der Waals surface area contributed by atoms with Gasteiger partial charge in [0.25, 0.3) is 11.7 Å². The second-order valence-corrected chi connectivity index (χ2v) is 6.78. The summed E-state index contributed by atoms with van der Waals surface area (Å²) in [5, 5.41) is 19.2. The van der Waals surface area contributed by atoms with E-state index in [0.29, 0.717) is 28.7 Å². The minimum Gasteiger partial charge on any atom is -0.710 e. The van der Waals surface area contributed by atoms with Crippen LogP contribution in [0.5, 0.6) is 0 Å². The number of carbonyl (C=O) groups is 1. The predicted octanol–water partition coefficient (Wildman–Crippen LogP) is 1.65. The van der Waals surface area contributed by atoms with Crippen molar-refractivity contribution in [2.75, 3.05) is 11.1 Å². The summed E-state index contributed by atoms with van der Waals surface area (Å²) in [5.74, 6) is 0.924. The van der Waals surface area contributed by atoms with Crippen LogP contribution in [0.2, 0.25) is 0 Å². The van der Waals surface area contributed by atoms with Crippen molar-refractivity contribution >= 4 is 23.4 Å². The van der Waals surface area contributed by atoms with Crippen LogP contribution in [0.15, 0.2) is 18.5 Å². The molecule has 0 bridgehead atoms. The molecule has 1 fully saturated rings. The van der Waals surface area contributed by atoms with Crippen LogP contribution in [0.25, 0.3) is 0 Å². The third-order valence-corrected chi connectivity index (χ3v) is 5.09. The largest absolute Gasteiger partial charge is 0.710 e. The van der Waals surface area contributed by atoms with Crippen molar-refractivity contribution in [2.45, 2.75) is 44.6 Å². The van der Waals surface area contributed by atoms with Gasteiger partial charge in [0, 0.05) is 12.1 Å². The molecular weight excluding hydrogens is 320 g/mol. The Morgan fingerprint density at radius 3 is 2.76 bits per heavy atom. The second-order valence-electron chi connectivity index (χ2n) is 6.78. The Morgan fingerprint density at radius 2 is 2.04 bits per heavy atom. The number of nitrogens with two attached hydrogens (primary N) is 1. The normalized spacial score (nSPS) is 18.0. The molecule has 4 rings (SSSR count). The molecule has 1 saturated carbocycles. The molecule has 0 radical (unpaired) electrons. The summed E-state index contributed by atoms with van der Waals surface area (Å²) in [6.07, 6.45) is 6.04. The van der Waals surface area contributed by atoms with E-state index >= 15 is 0 Å². The molecule has 0 atom stereocenters. The minimum atomic E-state index is -0.556. The van der Waals surface area contributed by atoms with E-state index in [2.05, 4.69) is 20.6 Å². The lowest BCUT2D eigenvalue weighted by atomic mass is 9.79. The molecule has 4 N–H and O–H groups in total. The lowest BCUT2D eigenvalue weighted by Crippen LogP contribution is -2.49. The van der Waals surface area contributed by atoms with Crippen LogP contribution in [-0.4, -0.2) is 15.9 Å². The molecule has 0 saturated heterocycles. The lowest BCUT2D eigenvalue weighted by Gasteiger charge is -2.34. The van der Waals surface area contributed by atoms with Gasteiger partial charge in [-0.2, -0.15) is 4.98 Å². The van der Waals surface area contributed by atoms with Gasteiger partial charge in [0.15, 0.2) is 0 Å². The zero-order chi connectivity index (χ0) is 17.6. The maximum absolute atomic E-state index is 13.1. The number of hydrogen-bond acceptors (Lipinski definition) is 6. The molecular formula is C17H20N6O2. The van der Waals surface area contributed by atoms with Gasteiger partial charge >= 0.3 is 0 Å². The number of aryl methyl sites for hydroxylation is 1. The van der Waals surface area contributed by atoms with Gasteiger partial charge in [-0.25, -0.2) is 15.0 Å². The van der Waals surface area contributed by atoms with Crippen molar-refractivity contribution in [3.63, 3.8) is 0 Å². The van der Waals surface area contributed by atoms with E-state index in [1.54, 1.807) is 12.1 Å². The molecule has 3 heterocycles. The fraction of sp³-hybridized carbons (Fsp3) is 0.412. The highest BCUT2D eigenvalue weighted by Gasteiger charge is 2.48. The Balaban J connectivity index is 1.82. The molecule has 25 heavy (non-hydrogen) atoms. The first kappa shape index (κ1) is 15.6. The van der Waals surface area contributed by atoms with Crippen molar-refractivity contribution in [1.29, 1.82) is 0 Å². The summed E-state index contributed by atoms with van der Waals surface area (Å²) in [6, 6.07) is 3.23. The van der Waals surface area contributed by atoms with Crippen molar-refractivity contribution in [1.82, 2.24) is 15.3 Å². The van der Waals surface area contributed by atoms with Crippen LogP contribution >= 0.6 is 0 Å². The highest BCUT2D eigenvalue weighted by Crippen LogP contribution is 2.42. The maximum atomic E-state index is 13.1. The summed E-state index contributed by atoms with van der Waals surface area (Å²) in [4.78, 5) is 20.4. The van der Waals surface area contributed by atoms with Crippen LogP contribution in [-0.2, 0) is 5.54 Å². The molecule has 2 aliphatic rings. The summed E-state index contributed by atoms with van der Waals surface area (Å²) >= 11 is 0. The molecule has 1 spiro atoms. The van der Waals surface area contributed by atoms with Crippen LogP contribution in [0.4, 0.5) is 17.5 Å². The number of nitrogen functional groups attached to an aromatic ring is 1. The number of anilines is 3. The van der Waals surface area contributed by atoms with Gasteiger partial charge in [-0.05, 0) is 25.3 Å². The number of hydrogen-bond donors (Lipinski definition) is 3. The van der Waals surface area contributed by atoms with E-state index in [-0.39, 0.29) is 5.91 Å². The van der Waals surface area contributed by atoms with E-state index in [1.807, 2.05) is 6.92 Å². The molecule has 8 heteroatoms. The third kappa shape index (κ3) is 2.45. The van der Waals surface area contributed by atoms with Gasteiger partial charge in [-0.1, -0.05) is 19.3 Å². The van der Waals surface area contributed by atoms with Gasteiger partial charge in [-0.15, -0.1) is 0 Å². The molecule has 1 amide bonds. The van der Waals surface area contributed by atoms with Crippen LogP contribution in [0.3, 0.4) is 0 Å². The fourth-order valence-electron chi connectivity index (χ4n) is 3.98. The molecule has 0 aromatic carbocycles. The number of pyridine rings is 1. The number of amides is 1. The van der Waals surface area contributed by atoms with Crippen molar-refractivity contribution < 1.29 is 9.52 Å². The SMILES string of the molecule is Cc1cc(Nc2cc(N)ncn2)[n+]([O-])c2c1C(=O)NC21CCCCC1. The molecule has 2 aromatic heterocycles. The van der Waals surface area contributed by atoms with E-state index in [4.69, 9.17) is 5.73 Å². The van der Waals surface area contributed by atoms with Gasteiger partial charge in [0.1, 0.15) is 23.4 Å². The topological polar surface area (TPSA) is 120 Å². The average molecular weight is 340 g/mol. The Morgan fingerprint density at radius 1 is 1.28 bits per heavy atom. The lowest BCUT2D eigenvalue weighted by molar-refractivity contribution is -0.603. The molecule has 0 unspecified atom stereocenters. The van der Waals surface area contributed by atoms with Crippen molar-refractivity contribution in [3.05, 3.63) is 40.5 Å². The Labute approximate surface area is 145 Å². The maximum Gasteiger partial charge on any atom is 0.284 e.